The minimum absolute atomic E-state index is 0.0395. The maximum Gasteiger partial charge on any atom is 0.255 e. The number of hydrogen-bond donors (Lipinski definition) is 2. The molecule has 0 saturated carbocycles. The Bertz CT molecular complexity index is 1080. The predicted octanol–water partition coefficient (Wildman–Crippen LogP) is 7.60. The van der Waals surface area contributed by atoms with Gasteiger partial charge >= 0.3 is 0 Å². The first-order chi connectivity index (χ1) is 17.1. The molecule has 0 spiro atoms. The number of unbranched alkanes of at least 4 members (excludes halogenated alkanes) is 5. The zero-order chi connectivity index (χ0) is 24.9. The van der Waals surface area contributed by atoms with Crippen molar-refractivity contribution in [2.45, 2.75) is 78.1 Å². The van der Waals surface area contributed by atoms with Crippen LogP contribution in [-0.2, 0) is 12.8 Å². The number of nitrogens with one attached hydrogen (secondary N) is 1. The van der Waals surface area contributed by atoms with Crippen molar-refractivity contribution in [3.63, 3.8) is 0 Å². The minimum atomic E-state index is -0.244. The molecule has 3 rings (SSSR count). The number of carbonyl (C=O) groups is 1. The van der Waals surface area contributed by atoms with Gasteiger partial charge in [0.25, 0.3) is 5.91 Å². The highest BCUT2D eigenvalue weighted by Gasteiger charge is 2.13. The highest BCUT2D eigenvalue weighted by Crippen LogP contribution is 2.28. The number of aryl methyl sites for hydroxylation is 2. The summed E-state index contributed by atoms with van der Waals surface area (Å²) in [6, 6.07) is 17.8. The number of fused-ring (bicyclic) bond motifs is 1. The van der Waals surface area contributed by atoms with Gasteiger partial charge in [-0.15, -0.1) is 0 Å². The SMILES string of the molecule is CCCCCc1ccc(OCCCCNC(=O)c2ccc3ccccc3c2O)c(CCCCC)c1. The van der Waals surface area contributed by atoms with Gasteiger partial charge in [0.1, 0.15) is 11.5 Å². The van der Waals surface area contributed by atoms with E-state index in [0.717, 1.165) is 36.8 Å². The van der Waals surface area contributed by atoms with Crippen LogP contribution in [0.5, 0.6) is 11.5 Å². The third-order valence-electron chi connectivity index (χ3n) is 6.50. The Balaban J connectivity index is 1.45. The van der Waals surface area contributed by atoms with Crippen LogP contribution in [-0.4, -0.2) is 24.2 Å². The zero-order valence-corrected chi connectivity index (χ0v) is 21.4. The molecule has 0 atom stereocenters. The molecule has 0 aliphatic heterocycles. The van der Waals surface area contributed by atoms with E-state index < -0.39 is 0 Å². The molecule has 0 unspecified atom stereocenters. The molecule has 0 aliphatic rings. The predicted molar refractivity (Wildman–Crippen MR) is 146 cm³/mol. The van der Waals surface area contributed by atoms with Crippen molar-refractivity contribution in [1.82, 2.24) is 5.32 Å². The summed E-state index contributed by atoms with van der Waals surface area (Å²) >= 11 is 0. The van der Waals surface area contributed by atoms with Crippen LogP contribution >= 0.6 is 0 Å². The van der Waals surface area contributed by atoms with Gasteiger partial charge in [0.2, 0.25) is 0 Å². The topological polar surface area (TPSA) is 58.6 Å². The van der Waals surface area contributed by atoms with Crippen molar-refractivity contribution in [2.24, 2.45) is 0 Å². The summed E-state index contributed by atoms with van der Waals surface area (Å²) < 4.78 is 6.15. The number of phenols is 1. The summed E-state index contributed by atoms with van der Waals surface area (Å²) in [5.74, 6) is 0.800. The zero-order valence-electron chi connectivity index (χ0n) is 21.4. The third kappa shape index (κ3) is 8.02. The summed E-state index contributed by atoms with van der Waals surface area (Å²) in [6.45, 7) is 5.66. The first-order valence-electron chi connectivity index (χ1n) is 13.4. The van der Waals surface area contributed by atoms with Gasteiger partial charge in [0, 0.05) is 11.9 Å². The second-order valence-corrected chi connectivity index (χ2v) is 9.35. The van der Waals surface area contributed by atoms with Gasteiger partial charge in [0.05, 0.1) is 12.2 Å². The van der Waals surface area contributed by atoms with E-state index in [0.29, 0.717) is 24.1 Å². The average molecular weight is 476 g/mol. The Kier molecular flexibility index (Phi) is 10.9. The van der Waals surface area contributed by atoms with E-state index >= 15 is 0 Å². The molecule has 0 radical (unpaired) electrons. The van der Waals surface area contributed by atoms with Gasteiger partial charge in [-0.2, -0.15) is 0 Å². The van der Waals surface area contributed by atoms with Crippen molar-refractivity contribution < 1.29 is 14.6 Å². The van der Waals surface area contributed by atoms with E-state index in [2.05, 4.69) is 37.4 Å². The summed E-state index contributed by atoms with van der Waals surface area (Å²) in [6.07, 6.45) is 11.3. The molecular formula is C31H41NO3. The van der Waals surface area contributed by atoms with Crippen molar-refractivity contribution in [2.75, 3.05) is 13.2 Å². The summed E-state index contributed by atoms with van der Waals surface area (Å²) in [5, 5.41) is 15.0. The van der Waals surface area contributed by atoms with E-state index in [9.17, 15) is 9.90 Å². The van der Waals surface area contributed by atoms with E-state index in [1.165, 1.54) is 49.7 Å². The van der Waals surface area contributed by atoms with Gasteiger partial charge in [-0.05, 0) is 67.2 Å². The fourth-order valence-electron chi connectivity index (χ4n) is 4.41. The summed E-state index contributed by atoms with van der Waals surface area (Å²) in [7, 11) is 0. The van der Waals surface area contributed by atoms with Crippen LogP contribution < -0.4 is 10.1 Å². The van der Waals surface area contributed by atoms with Gasteiger partial charge in [-0.25, -0.2) is 0 Å². The summed E-state index contributed by atoms with van der Waals surface area (Å²) in [5.41, 5.74) is 3.06. The van der Waals surface area contributed by atoms with Crippen molar-refractivity contribution in [3.05, 3.63) is 71.3 Å². The Morgan fingerprint density at radius 3 is 2.43 bits per heavy atom. The molecule has 3 aromatic rings. The van der Waals surface area contributed by atoms with Crippen LogP contribution in [0.3, 0.4) is 0 Å². The van der Waals surface area contributed by atoms with Crippen LogP contribution in [0.25, 0.3) is 10.8 Å². The van der Waals surface area contributed by atoms with E-state index in [1.54, 1.807) is 6.07 Å². The highest BCUT2D eigenvalue weighted by molar-refractivity contribution is 6.03. The molecule has 0 heterocycles. The van der Waals surface area contributed by atoms with E-state index in [-0.39, 0.29) is 11.7 Å². The molecule has 2 N–H and O–H groups in total. The van der Waals surface area contributed by atoms with Crippen LogP contribution in [0.4, 0.5) is 0 Å². The Hall–Kier alpha value is -3.01. The number of hydrogen-bond acceptors (Lipinski definition) is 3. The number of carbonyl (C=O) groups excluding carboxylic acids is 1. The van der Waals surface area contributed by atoms with Crippen LogP contribution in [0.15, 0.2) is 54.6 Å². The average Bonchev–Trinajstić information content (AvgIpc) is 2.87. The Morgan fingerprint density at radius 2 is 1.63 bits per heavy atom. The number of rotatable bonds is 15. The maximum absolute atomic E-state index is 12.6. The fraction of sp³-hybridized carbons (Fsp3) is 0.452. The third-order valence-corrected chi connectivity index (χ3v) is 6.50. The molecular weight excluding hydrogens is 434 g/mol. The van der Waals surface area contributed by atoms with Gasteiger partial charge < -0.3 is 15.2 Å². The monoisotopic (exact) mass is 475 g/mol. The lowest BCUT2D eigenvalue weighted by Crippen LogP contribution is -2.24. The Morgan fingerprint density at radius 1 is 0.857 bits per heavy atom. The smallest absolute Gasteiger partial charge is 0.255 e. The highest BCUT2D eigenvalue weighted by atomic mass is 16.5. The molecule has 0 fully saturated rings. The van der Waals surface area contributed by atoms with Crippen molar-refractivity contribution in [3.8, 4) is 11.5 Å². The fourth-order valence-corrected chi connectivity index (χ4v) is 4.41. The number of amides is 1. The molecule has 0 bridgehead atoms. The molecule has 0 saturated heterocycles. The van der Waals surface area contributed by atoms with Gasteiger partial charge in [-0.1, -0.05) is 82.0 Å². The lowest BCUT2D eigenvalue weighted by Gasteiger charge is -2.14. The Labute approximate surface area is 210 Å². The molecule has 188 valence electrons. The number of phenolic OH excluding ortho intramolecular Hbond substituents is 1. The molecule has 4 nitrogen and oxygen atoms in total. The molecule has 35 heavy (non-hydrogen) atoms. The molecule has 1 amide bonds. The van der Waals surface area contributed by atoms with Gasteiger partial charge in [0.15, 0.2) is 0 Å². The maximum atomic E-state index is 12.6. The number of aromatic hydroxyl groups is 1. The van der Waals surface area contributed by atoms with Gasteiger partial charge in [-0.3, -0.25) is 4.79 Å². The summed E-state index contributed by atoms with van der Waals surface area (Å²) in [4.78, 5) is 12.6. The molecule has 4 heteroatoms. The largest absolute Gasteiger partial charge is 0.506 e. The normalized spacial score (nSPS) is 11.0. The quantitative estimate of drug-likeness (QED) is 0.223. The number of benzene rings is 3. The minimum Gasteiger partial charge on any atom is -0.506 e. The van der Waals surface area contributed by atoms with Crippen LogP contribution in [0, 0.1) is 0 Å². The van der Waals surface area contributed by atoms with E-state index in [1.807, 2.05) is 30.3 Å². The molecule has 0 aliphatic carbocycles. The molecule has 0 aromatic heterocycles. The lowest BCUT2D eigenvalue weighted by atomic mass is 10.00. The van der Waals surface area contributed by atoms with Crippen LogP contribution in [0.2, 0.25) is 0 Å². The van der Waals surface area contributed by atoms with Crippen molar-refractivity contribution in [1.29, 1.82) is 0 Å². The number of ether oxygens (including phenoxy) is 1. The standard InChI is InChI=1S/C31H41NO3/c1-3-5-7-13-24-17-20-29(26(23-24)15-8-6-4-2)35-22-12-11-21-32-31(34)28-19-18-25-14-9-10-16-27(25)30(28)33/h9-10,14,16-20,23,33H,3-8,11-13,15,21-22H2,1-2H3,(H,32,34). The second kappa shape index (κ2) is 14.4. The van der Waals surface area contributed by atoms with Crippen LogP contribution in [0.1, 0.15) is 86.7 Å². The first-order valence-corrected chi connectivity index (χ1v) is 13.4. The van der Waals surface area contributed by atoms with E-state index in [4.69, 9.17) is 4.74 Å². The second-order valence-electron chi connectivity index (χ2n) is 9.35. The lowest BCUT2D eigenvalue weighted by molar-refractivity contribution is 0.0950. The van der Waals surface area contributed by atoms with Crippen molar-refractivity contribution >= 4 is 16.7 Å². The first kappa shape index (κ1) is 26.6. The molecule has 3 aromatic carbocycles.